The van der Waals surface area contributed by atoms with Crippen molar-refractivity contribution in [2.75, 3.05) is 13.1 Å². The fraction of sp³-hybridized carbons (Fsp3) is 0.240. The molecule has 5 nitrogen and oxygen atoms in total. The van der Waals surface area contributed by atoms with Gasteiger partial charge in [0.25, 0.3) is 11.5 Å². The minimum atomic E-state index is -0.584. The number of benzene rings is 2. The molecule has 1 aliphatic heterocycles. The maximum absolute atomic E-state index is 13.6. The smallest absolute Gasteiger partial charge is 0.271 e. The lowest BCUT2D eigenvalue weighted by Crippen LogP contribution is -2.43. The average molecular weight is 500 g/mol. The molecule has 0 saturated carbocycles. The summed E-state index contributed by atoms with van der Waals surface area (Å²) in [6.45, 7) is 6.85. The molecule has 0 spiro atoms. The quantitative estimate of drug-likeness (QED) is 0.521. The third kappa shape index (κ3) is 4.56. The molecular formula is C25H23Cl2N3O2S. The molecule has 8 heteroatoms. The van der Waals surface area contributed by atoms with E-state index in [0.29, 0.717) is 43.7 Å². The van der Waals surface area contributed by atoms with Crippen LogP contribution in [0.25, 0.3) is 6.08 Å². The monoisotopic (exact) mass is 499 g/mol. The van der Waals surface area contributed by atoms with E-state index in [0.717, 1.165) is 11.1 Å². The molecule has 4 rings (SSSR count). The third-order valence-electron chi connectivity index (χ3n) is 5.66. The zero-order chi connectivity index (χ0) is 23.7. The lowest BCUT2D eigenvalue weighted by Gasteiger charge is -2.29. The number of thiazole rings is 1. The highest BCUT2D eigenvalue weighted by Gasteiger charge is 2.34. The molecule has 1 aliphatic rings. The number of likely N-dealkylation sites (N-methyl/N-ethyl adjacent to an activating group) is 1. The van der Waals surface area contributed by atoms with Gasteiger partial charge in [0, 0.05) is 23.1 Å². The van der Waals surface area contributed by atoms with Crippen molar-refractivity contribution in [3.63, 3.8) is 0 Å². The number of carbonyl (C=O) groups is 1. The maximum Gasteiger partial charge on any atom is 0.271 e. The Labute approximate surface area is 205 Å². The van der Waals surface area contributed by atoms with Crippen LogP contribution in [0, 0.1) is 0 Å². The number of aromatic nitrogens is 1. The van der Waals surface area contributed by atoms with Gasteiger partial charge < -0.3 is 4.90 Å². The van der Waals surface area contributed by atoms with Gasteiger partial charge in [-0.2, -0.15) is 0 Å². The fourth-order valence-electron chi connectivity index (χ4n) is 3.95. The Balaban J connectivity index is 1.95. The van der Waals surface area contributed by atoms with Crippen molar-refractivity contribution in [1.82, 2.24) is 9.47 Å². The zero-order valence-corrected chi connectivity index (χ0v) is 20.8. The second-order valence-corrected chi connectivity index (χ2v) is 9.54. The number of allylic oxidation sites excluding steroid dienone is 1. The predicted octanol–water partition coefficient (Wildman–Crippen LogP) is 4.41. The molecule has 33 heavy (non-hydrogen) atoms. The highest BCUT2D eigenvalue weighted by Crippen LogP contribution is 2.31. The lowest BCUT2D eigenvalue weighted by molar-refractivity contribution is -0.127. The van der Waals surface area contributed by atoms with Crippen molar-refractivity contribution in [2.45, 2.75) is 26.8 Å². The Kier molecular flexibility index (Phi) is 6.88. The highest BCUT2D eigenvalue weighted by molar-refractivity contribution is 7.07. The van der Waals surface area contributed by atoms with Crippen LogP contribution in [0.5, 0.6) is 0 Å². The first-order valence-corrected chi connectivity index (χ1v) is 12.2. The van der Waals surface area contributed by atoms with E-state index in [4.69, 9.17) is 23.2 Å². The molecule has 3 aromatic rings. The van der Waals surface area contributed by atoms with Crippen molar-refractivity contribution in [3.8, 4) is 0 Å². The Morgan fingerprint density at radius 3 is 2.21 bits per heavy atom. The van der Waals surface area contributed by atoms with Gasteiger partial charge in [-0.05, 0) is 62.2 Å². The van der Waals surface area contributed by atoms with Crippen molar-refractivity contribution in [1.29, 1.82) is 0 Å². The van der Waals surface area contributed by atoms with E-state index in [1.165, 1.54) is 11.3 Å². The van der Waals surface area contributed by atoms with Gasteiger partial charge in [0.15, 0.2) is 4.80 Å². The van der Waals surface area contributed by atoms with Crippen LogP contribution in [0.2, 0.25) is 10.0 Å². The van der Waals surface area contributed by atoms with Gasteiger partial charge in [-0.15, -0.1) is 0 Å². The highest BCUT2D eigenvalue weighted by atomic mass is 35.5. The third-order valence-corrected chi connectivity index (χ3v) is 7.14. The van der Waals surface area contributed by atoms with E-state index < -0.39 is 6.04 Å². The van der Waals surface area contributed by atoms with Crippen LogP contribution in [0.3, 0.4) is 0 Å². The van der Waals surface area contributed by atoms with Crippen molar-refractivity contribution in [2.24, 2.45) is 4.99 Å². The molecule has 2 heterocycles. The number of hydrogen-bond acceptors (Lipinski definition) is 4. The van der Waals surface area contributed by atoms with Crippen LogP contribution in [0.4, 0.5) is 0 Å². The van der Waals surface area contributed by atoms with Crippen LogP contribution in [0.1, 0.15) is 37.9 Å². The van der Waals surface area contributed by atoms with Crippen LogP contribution < -0.4 is 14.9 Å². The Bertz CT molecular complexity index is 1400. The molecule has 0 radical (unpaired) electrons. The topological polar surface area (TPSA) is 54.7 Å². The summed E-state index contributed by atoms with van der Waals surface area (Å²) in [4.78, 5) is 34.1. The molecule has 1 aromatic heterocycles. The Morgan fingerprint density at radius 2 is 1.64 bits per heavy atom. The van der Waals surface area contributed by atoms with Crippen LogP contribution >= 0.6 is 34.5 Å². The van der Waals surface area contributed by atoms with Crippen molar-refractivity contribution in [3.05, 3.63) is 101 Å². The molecule has 0 unspecified atom stereocenters. The number of amides is 1. The summed E-state index contributed by atoms with van der Waals surface area (Å²) in [6, 6.07) is 14.0. The summed E-state index contributed by atoms with van der Waals surface area (Å²) in [6.07, 6.45) is 1.82. The summed E-state index contributed by atoms with van der Waals surface area (Å²) in [5, 5.41) is 1.22. The second-order valence-electron chi connectivity index (χ2n) is 7.66. The molecule has 0 N–H and O–H groups in total. The number of halogens is 2. The molecule has 0 aliphatic carbocycles. The van der Waals surface area contributed by atoms with E-state index in [9.17, 15) is 9.59 Å². The lowest BCUT2D eigenvalue weighted by atomic mass is 9.94. The average Bonchev–Trinajstić information content (AvgIpc) is 3.10. The number of nitrogens with zero attached hydrogens (tertiary/aromatic N) is 3. The largest absolute Gasteiger partial charge is 0.339 e. The predicted molar refractivity (Wildman–Crippen MR) is 135 cm³/mol. The summed E-state index contributed by atoms with van der Waals surface area (Å²) in [7, 11) is 0. The van der Waals surface area contributed by atoms with Gasteiger partial charge in [-0.3, -0.25) is 14.2 Å². The van der Waals surface area contributed by atoms with E-state index in [2.05, 4.69) is 4.99 Å². The van der Waals surface area contributed by atoms with Crippen LogP contribution in [-0.4, -0.2) is 28.5 Å². The van der Waals surface area contributed by atoms with Gasteiger partial charge in [-0.1, -0.05) is 58.8 Å². The molecule has 1 amide bonds. The zero-order valence-electron chi connectivity index (χ0n) is 18.5. The summed E-state index contributed by atoms with van der Waals surface area (Å²) in [5.74, 6) is -0.117. The van der Waals surface area contributed by atoms with Gasteiger partial charge >= 0.3 is 0 Å². The summed E-state index contributed by atoms with van der Waals surface area (Å²) >= 11 is 13.4. The first-order chi connectivity index (χ1) is 15.8. The molecule has 0 saturated heterocycles. The number of fused-ring (bicyclic) bond motifs is 1. The minimum Gasteiger partial charge on any atom is -0.339 e. The number of rotatable bonds is 5. The molecule has 2 aromatic carbocycles. The van der Waals surface area contributed by atoms with Crippen molar-refractivity contribution >= 4 is 46.5 Å². The molecular weight excluding hydrogens is 477 g/mol. The van der Waals surface area contributed by atoms with Gasteiger partial charge in [0.2, 0.25) is 0 Å². The van der Waals surface area contributed by atoms with Gasteiger partial charge in [0.1, 0.15) is 0 Å². The maximum atomic E-state index is 13.6. The number of hydrogen-bond donors (Lipinski definition) is 0. The standard InChI is InChI=1S/C25H23Cl2N3O2S/c1-4-29(5-2)24(32)21-15(3)28-25-30(22(21)17-8-12-19(27)13-9-17)23(31)20(33-25)14-16-6-10-18(26)11-7-16/h6-14,22H,4-5H2,1-3H3/b20-14+/t22-/m1/s1. The summed E-state index contributed by atoms with van der Waals surface area (Å²) < 4.78 is 2.17. The van der Waals surface area contributed by atoms with Crippen LogP contribution in [0.15, 0.2) is 69.6 Å². The van der Waals surface area contributed by atoms with E-state index in [1.807, 2.05) is 51.1 Å². The van der Waals surface area contributed by atoms with Crippen molar-refractivity contribution < 1.29 is 4.79 Å². The Morgan fingerprint density at radius 1 is 1.06 bits per heavy atom. The van der Waals surface area contributed by atoms with E-state index >= 15 is 0 Å². The molecule has 0 bridgehead atoms. The first kappa shape index (κ1) is 23.5. The number of carbonyl (C=O) groups excluding carboxylic acids is 1. The SMILES string of the molecule is CCN(CC)C(=O)C1=C(C)N=c2s/c(=C/c3ccc(Cl)cc3)c(=O)n2[C@@H]1c1ccc(Cl)cc1. The second kappa shape index (κ2) is 9.67. The molecule has 170 valence electrons. The molecule has 0 fully saturated rings. The van der Waals surface area contributed by atoms with E-state index in [-0.39, 0.29) is 11.5 Å². The van der Waals surface area contributed by atoms with Gasteiger partial charge in [0.05, 0.1) is 21.8 Å². The Hall–Kier alpha value is -2.67. The van der Waals surface area contributed by atoms with Crippen LogP contribution in [-0.2, 0) is 4.79 Å². The molecule has 1 atom stereocenters. The van der Waals surface area contributed by atoms with E-state index in [1.54, 1.807) is 33.7 Å². The minimum absolute atomic E-state index is 0.117. The normalized spacial score (nSPS) is 15.9. The first-order valence-electron chi connectivity index (χ1n) is 10.7. The fourth-order valence-corrected chi connectivity index (χ4v) is 5.25. The summed E-state index contributed by atoms with van der Waals surface area (Å²) in [5.41, 5.74) is 2.61. The van der Waals surface area contributed by atoms with Gasteiger partial charge in [-0.25, -0.2) is 4.99 Å².